The molecule has 1 aliphatic heterocycles. The van der Waals surface area contributed by atoms with Gasteiger partial charge >= 0.3 is 17.9 Å². The van der Waals surface area contributed by atoms with E-state index in [-0.39, 0.29) is 11.3 Å². The van der Waals surface area contributed by atoms with Gasteiger partial charge in [0.05, 0.1) is 28.4 Å². The summed E-state index contributed by atoms with van der Waals surface area (Å²) >= 11 is 3.29. The molecule has 2 aromatic rings. The van der Waals surface area contributed by atoms with Gasteiger partial charge in [-0.15, -0.1) is 0 Å². The van der Waals surface area contributed by atoms with Gasteiger partial charge in [-0.1, -0.05) is 28.1 Å². The van der Waals surface area contributed by atoms with Crippen molar-refractivity contribution in [3.8, 4) is 5.75 Å². The summed E-state index contributed by atoms with van der Waals surface area (Å²) in [6.07, 6.45) is -0.538. The Morgan fingerprint density at radius 1 is 0.861 bits per heavy atom. The number of hydrogen-bond acceptors (Lipinski definition) is 9. The number of esters is 3. The first-order chi connectivity index (χ1) is 17.2. The van der Waals surface area contributed by atoms with Crippen LogP contribution in [-0.4, -0.2) is 63.6 Å². The van der Waals surface area contributed by atoms with Crippen LogP contribution in [0.3, 0.4) is 0 Å². The molecule has 1 heterocycles. The summed E-state index contributed by atoms with van der Waals surface area (Å²) in [6, 6.07) is 12.2. The highest BCUT2D eigenvalue weighted by atomic mass is 79.9. The van der Waals surface area contributed by atoms with Gasteiger partial charge in [-0.2, -0.15) is 0 Å². The molecule has 0 bridgehead atoms. The third kappa shape index (κ3) is 4.46. The summed E-state index contributed by atoms with van der Waals surface area (Å²) < 4.78 is 20.7. The maximum atomic E-state index is 13.8. The van der Waals surface area contributed by atoms with Crippen LogP contribution >= 0.6 is 15.9 Å². The highest BCUT2D eigenvalue weighted by Gasteiger charge is 2.71. The third-order valence-electron chi connectivity index (χ3n) is 6.13. The van der Waals surface area contributed by atoms with E-state index in [1.165, 1.54) is 43.5 Å². The lowest BCUT2D eigenvalue weighted by atomic mass is 9.75. The lowest BCUT2D eigenvalue weighted by Gasteiger charge is -2.36. The lowest BCUT2D eigenvalue weighted by Crippen LogP contribution is -2.62. The Morgan fingerprint density at radius 2 is 1.42 bits per heavy atom. The molecule has 0 spiro atoms. The molecule has 1 amide bonds. The van der Waals surface area contributed by atoms with Gasteiger partial charge in [0.1, 0.15) is 11.7 Å². The molecule has 0 aromatic heterocycles. The fourth-order valence-corrected chi connectivity index (χ4v) is 4.71. The second-order valence-corrected chi connectivity index (χ2v) is 8.78. The Morgan fingerprint density at radius 3 is 1.89 bits per heavy atom. The average molecular weight is 562 g/mol. The molecule has 0 radical (unpaired) electrons. The Bertz CT molecular complexity index is 1160. The summed E-state index contributed by atoms with van der Waals surface area (Å²) in [5.41, 5.74) is -2.15. The van der Waals surface area contributed by atoms with Gasteiger partial charge in [0.15, 0.2) is 5.78 Å². The summed E-state index contributed by atoms with van der Waals surface area (Å²) in [5, 5.41) is 0. The van der Waals surface area contributed by atoms with Crippen LogP contribution in [0, 0.1) is 11.8 Å². The van der Waals surface area contributed by atoms with Gasteiger partial charge in [0.25, 0.3) is 0 Å². The number of benzene rings is 2. The molecule has 2 atom stereocenters. The van der Waals surface area contributed by atoms with Crippen molar-refractivity contribution in [1.29, 1.82) is 0 Å². The number of nitrogens with zero attached hydrogens (tertiary/aromatic N) is 1. The second kappa shape index (κ2) is 10.9. The molecule has 2 aromatic carbocycles. The molecule has 190 valence electrons. The minimum absolute atomic E-state index is 0.0871. The Hall–Kier alpha value is -3.73. The van der Waals surface area contributed by atoms with Crippen molar-refractivity contribution < 1.29 is 42.9 Å². The van der Waals surface area contributed by atoms with Crippen molar-refractivity contribution in [2.75, 3.05) is 33.3 Å². The van der Waals surface area contributed by atoms with Crippen molar-refractivity contribution in [1.82, 2.24) is 0 Å². The summed E-state index contributed by atoms with van der Waals surface area (Å²) in [7, 11) is 4.57. The standard InChI is InChI=1S/C25H24BrNO9/c1-33-17-11-9-16(10-12-17)27-21(29)20(22(30)34-2)18(25(27,23(31)35-3)24(32)36-4)13-19(28)14-5-7-15(26)8-6-14/h5-12,18,20H,13H2,1-4H3/t18-,20-/m1/s1. The molecule has 1 aliphatic rings. The van der Waals surface area contributed by atoms with Crippen LogP contribution in [0.2, 0.25) is 0 Å². The molecule has 36 heavy (non-hydrogen) atoms. The molecule has 1 saturated heterocycles. The number of ether oxygens (including phenoxy) is 4. The van der Waals surface area contributed by atoms with E-state index in [1.54, 1.807) is 12.1 Å². The van der Waals surface area contributed by atoms with Crippen molar-refractivity contribution in [3.63, 3.8) is 0 Å². The number of halogens is 1. The average Bonchev–Trinajstić information content (AvgIpc) is 3.15. The number of ketones is 1. The second-order valence-electron chi connectivity index (χ2n) is 7.86. The molecule has 0 N–H and O–H groups in total. The summed E-state index contributed by atoms with van der Waals surface area (Å²) in [6.45, 7) is 0. The van der Waals surface area contributed by atoms with Crippen LogP contribution in [0.4, 0.5) is 5.69 Å². The van der Waals surface area contributed by atoms with E-state index in [4.69, 9.17) is 18.9 Å². The van der Waals surface area contributed by atoms with Crippen LogP contribution in [0.15, 0.2) is 53.0 Å². The number of rotatable bonds is 8. The first-order valence-corrected chi connectivity index (χ1v) is 11.5. The highest BCUT2D eigenvalue weighted by molar-refractivity contribution is 9.10. The molecule has 11 heteroatoms. The minimum atomic E-state index is -2.49. The third-order valence-corrected chi connectivity index (χ3v) is 6.66. The van der Waals surface area contributed by atoms with Crippen molar-refractivity contribution in [2.45, 2.75) is 12.0 Å². The zero-order valence-corrected chi connectivity index (χ0v) is 21.6. The Kier molecular flexibility index (Phi) is 8.13. The minimum Gasteiger partial charge on any atom is -0.497 e. The maximum Gasteiger partial charge on any atom is 0.344 e. The molecule has 10 nitrogen and oxygen atoms in total. The predicted octanol–water partition coefficient (Wildman–Crippen LogP) is 2.57. The van der Waals surface area contributed by atoms with Gasteiger partial charge in [0, 0.05) is 28.1 Å². The van der Waals surface area contributed by atoms with E-state index < -0.39 is 53.4 Å². The van der Waals surface area contributed by atoms with Gasteiger partial charge in [-0.05, 0) is 36.4 Å². The van der Waals surface area contributed by atoms with Crippen LogP contribution in [-0.2, 0) is 33.4 Å². The van der Waals surface area contributed by atoms with E-state index in [0.29, 0.717) is 5.75 Å². The van der Waals surface area contributed by atoms with E-state index >= 15 is 0 Å². The van der Waals surface area contributed by atoms with Gasteiger partial charge < -0.3 is 18.9 Å². The molecular weight excluding hydrogens is 538 g/mol. The van der Waals surface area contributed by atoms with E-state index in [1.807, 2.05) is 0 Å². The molecule has 0 aliphatic carbocycles. The first kappa shape index (κ1) is 26.9. The van der Waals surface area contributed by atoms with Crippen LogP contribution in [0.25, 0.3) is 0 Å². The Labute approximate surface area is 215 Å². The molecular formula is C25H24BrNO9. The molecule has 0 unspecified atom stereocenters. The molecule has 1 fully saturated rings. The summed E-state index contributed by atoms with van der Waals surface area (Å²) in [5.74, 6) is -7.51. The quantitative estimate of drug-likeness (QED) is 0.207. The highest BCUT2D eigenvalue weighted by Crippen LogP contribution is 2.47. The van der Waals surface area contributed by atoms with E-state index in [9.17, 15) is 24.0 Å². The number of Topliss-reactive ketones (excluding diaryl/α,β-unsaturated/α-hetero) is 1. The van der Waals surface area contributed by atoms with Gasteiger partial charge in [-0.25, -0.2) is 9.59 Å². The largest absolute Gasteiger partial charge is 0.497 e. The van der Waals surface area contributed by atoms with Crippen molar-refractivity contribution in [3.05, 3.63) is 58.6 Å². The van der Waals surface area contributed by atoms with E-state index in [0.717, 1.165) is 30.7 Å². The number of carbonyl (C=O) groups excluding carboxylic acids is 5. The number of carbonyl (C=O) groups is 5. The number of hydrogen-bond donors (Lipinski definition) is 0. The van der Waals surface area contributed by atoms with Gasteiger partial charge in [0.2, 0.25) is 11.4 Å². The molecule has 3 rings (SSSR count). The van der Waals surface area contributed by atoms with Crippen molar-refractivity contribution >= 4 is 51.2 Å². The first-order valence-electron chi connectivity index (χ1n) is 10.7. The Balaban J connectivity index is 2.27. The number of methoxy groups -OCH3 is 4. The lowest BCUT2D eigenvalue weighted by molar-refractivity contribution is -0.164. The van der Waals surface area contributed by atoms with E-state index in [2.05, 4.69) is 15.9 Å². The normalized spacial score (nSPS) is 18.4. The topological polar surface area (TPSA) is 126 Å². The fraction of sp³-hybridized carbons (Fsp3) is 0.320. The number of anilines is 1. The number of amides is 1. The van der Waals surface area contributed by atoms with Gasteiger partial charge in [-0.3, -0.25) is 19.3 Å². The van der Waals surface area contributed by atoms with Crippen molar-refractivity contribution in [2.24, 2.45) is 11.8 Å². The zero-order valence-electron chi connectivity index (χ0n) is 20.0. The fourth-order valence-electron chi connectivity index (χ4n) is 4.45. The zero-order chi connectivity index (χ0) is 26.6. The summed E-state index contributed by atoms with van der Waals surface area (Å²) in [4.78, 5) is 67.6. The van der Waals surface area contributed by atoms with Crippen LogP contribution < -0.4 is 9.64 Å². The monoisotopic (exact) mass is 561 g/mol. The SMILES string of the molecule is COC(=O)[C@H]1C(=O)N(c2ccc(OC)cc2)C(C(=O)OC)(C(=O)OC)[C@@H]1CC(=O)c1ccc(Br)cc1. The smallest absolute Gasteiger partial charge is 0.344 e. The van der Waals surface area contributed by atoms with Crippen LogP contribution in [0.1, 0.15) is 16.8 Å². The maximum absolute atomic E-state index is 13.8. The predicted molar refractivity (Wildman–Crippen MR) is 129 cm³/mol. The van der Waals surface area contributed by atoms with Crippen LogP contribution in [0.5, 0.6) is 5.75 Å². The molecule has 0 saturated carbocycles.